The Balaban J connectivity index is 1.65. The first-order valence-corrected chi connectivity index (χ1v) is 12.7. The van der Waals surface area contributed by atoms with Gasteiger partial charge in [-0.3, -0.25) is 5.32 Å². The van der Waals surface area contributed by atoms with Crippen molar-refractivity contribution < 1.29 is 22.6 Å². The fraction of sp³-hybridized carbons (Fsp3) is 0.400. The molecule has 1 unspecified atom stereocenters. The van der Waals surface area contributed by atoms with Crippen LogP contribution in [-0.2, 0) is 23.8 Å². The van der Waals surface area contributed by atoms with Crippen molar-refractivity contribution in [2.24, 2.45) is 0 Å². The molecule has 188 valence electrons. The second kappa shape index (κ2) is 8.82. The van der Waals surface area contributed by atoms with Gasteiger partial charge in [-0.15, -0.1) is 11.3 Å². The second-order valence-corrected chi connectivity index (χ2v) is 9.81. The third kappa shape index (κ3) is 3.77. The van der Waals surface area contributed by atoms with Gasteiger partial charge in [0.1, 0.15) is 21.3 Å². The van der Waals surface area contributed by atoms with Crippen molar-refractivity contribution in [1.82, 2.24) is 20.3 Å². The molecule has 0 amide bonds. The maximum absolute atomic E-state index is 14.8. The van der Waals surface area contributed by atoms with E-state index in [1.54, 1.807) is 7.11 Å². The zero-order valence-electron chi connectivity index (χ0n) is 19.8. The maximum atomic E-state index is 14.8. The number of fused-ring (bicyclic) bond motifs is 6. The van der Waals surface area contributed by atoms with E-state index in [2.05, 4.69) is 15.3 Å². The molecule has 11 heteroatoms. The molecule has 36 heavy (non-hydrogen) atoms. The average molecular weight is 516 g/mol. The minimum Gasteiger partial charge on any atom is -0.477 e. The van der Waals surface area contributed by atoms with Gasteiger partial charge in [0.05, 0.1) is 29.8 Å². The first kappa shape index (κ1) is 23.4. The number of aryl methyl sites for hydroxylation is 1. The lowest BCUT2D eigenvalue weighted by Gasteiger charge is -2.32. The topological polar surface area (TPSA) is 72.4 Å². The molecule has 4 heterocycles. The van der Waals surface area contributed by atoms with Gasteiger partial charge in [0.2, 0.25) is 11.8 Å². The normalized spacial score (nSPS) is 17.9. The highest BCUT2D eigenvalue weighted by molar-refractivity contribution is 7.25. The molecule has 1 saturated heterocycles. The summed E-state index contributed by atoms with van der Waals surface area (Å²) in [6.45, 7) is 3.84. The zero-order chi connectivity index (χ0) is 25.0. The van der Waals surface area contributed by atoms with Crippen molar-refractivity contribution in [1.29, 1.82) is 0 Å². The van der Waals surface area contributed by atoms with Crippen molar-refractivity contribution in [2.75, 3.05) is 38.3 Å². The van der Waals surface area contributed by atoms with Crippen LogP contribution in [0.15, 0.2) is 24.3 Å². The third-order valence-corrected chi connectivity index (χ3v) is 7.77. The number of ether oxygens (including phenoxy) is 2. The van der Waals surface area contributed by atoms with Gasteiger partial charge in [-0.2, -0.15) is 18.2 Å². The number of rotatable bonds is 4. The van der Waals surface area contributed by atoms with Crippen LogP contribution in [0.25, 0.3) is 31.7 Å². The van der Waals surface area contributed by atoms with Crippen LogP contribution in [0.1, 0.15) is 23.6 Å². The van der Waals surface area contributed by atoms with Gasteiger partial charge in [0.15, 0.2) is 0 Å². The number of alkyl halides is 3. The number of nitrogens with one attached hydrogen (secondary N) is 1. The fourth-order valence-corrected chi connectivity index (χ4v) is 6.18. The molecule has 0 saturated carbocycles. The molecule has 6 rings (SSSR count). The summed E-state index contributed by atoms with van der Waals surface area (Å²) in [5.74, 6) is 0.602. The van der Waals surface area contributed by atoms with E-state index in [9.17, 15) is 13.2 Å². The number of hydrogen-bond acceptors (Lipinski definition) is 8. The van der Waals surface area contributed by atoms with Crippen molar-refractivity contribution in [3.63, 3.8) is 0 Å². The summed E-state index contributed by atoms with van der Waals surface area (Å²) < 4.78 is 56.0. The second-order valence-electron chi connectivity index (χ2n) is 8.82. The number of benzene rings is 1. The fourth-order valence-electron chi connectivity index (χ4n) is 5.11. The van der Waals surface area contributed by atoms with Gasteiger partial charge < -0.3 is 14.4 Å². The summed E-state index contributed by atoms with van der Waals surface area (Å²) >= 11 is 1.15. The van der Waals surface area contributed by atoms with E-state index >= 15 is 0 Å². The summed E-state index contributed by atoms with van der Waals surface area (Å²) in [5, 5.41) is 3.27. The number of hydrogen-bond donors (Lipinski definition) is 1. The van der Waals surface area contributed by atoms with Crippen molar-refractivity contribution in [2.45, 2.75) is 32.2 Å². The van der Waals surface area contributed by atoms with Crippen LogP contribution in [-0.4, -0.2) is 54.5 Å². The van der Waals surface area contributed by atoms with E-state index in [0.717, 1.165) is 22.5 Å². The molecular weight excluding hydrogens is 491 g/mol. The maximum Gasteiger partial charge on any atom is 0.417 e. The van der Waals surface area contributed by atoms with E-state index in [1.807, 2.05) is 36.1 Å². The van der Waals surface area contributed by atoms with Gasteiger partial charge in [0, 0.05) is 25.8 Å². The highest BCUT2D eigenvalue weighted by Gasteiger charge is 2.40. The average Bonchev–Trinajstić information content (AvgIpc) is 3.25. The summed E-state index contributed by atoms with van der Waals surface area (Å²) in [7, 11) is 1.60. The Hall–Kier alpha value is -3.02. The molecule has 1 aromatic carbocycles. The summed E-state index contributed by atoms with van der Waals surface area (Å²) in [4.78, 5) is 16.3. The molecule has 4 aromatic rings. The Morgan fingerprint density at radius 1 is 1.17 bits per heavy atom. The number of thiophene rings is 1. The van der Waals surface area contributed by atoms with E-state index in [4.69, 9.17) is 14.5 Å². The number of nitrogens with zero attached hydrogens (tertiary/aromatic N) is 4. The first-order valence-electron chi connectivity index (χ1n) is 11.9. The van der Waals surface area contributed by atoms with Crippen LogP contribution < -0.4 is 15.0 Å². The third-order valence-electron chi connectivity index (χ3n) is 6.71. The Labute approximate surface area is 209 Å². The number of pyridine rings is 1. The smallest absolute Gasteiger partial charge is 0.417 e. The molecule has 1 N–H and O–H groups in total. The molecule has 1 aliphatic carbocycles. The van der Waals surface area contributed by atoms with Gasteiger partial charge in [-0.1, -0.05) is 24.3 Å². The van der Waals surface area contributed by atoms with E-state index < -0.39 is 11.7 Å². The minimum atomic E-state index is -4.57. The van der Waals surface area contributed by atoms with E-state index in [1.165, 1.54) is 0 Å². The molecule has 3 aromatic heterocycles. The van der Waals surface area contributed by atoms with Crippen LogP contribution in [0.4, 0.5) is 19.1 Å². The Bertz CT molecular complexity index is 1470. The van der Waals surface area contributed by atoms with Crippen LogP contribution >= 0.6 is 11.3 Å². The van der Waals surface area contributed by atoms with Crippen LogP contribution in [0.5, 0.6) is 5.88 Å². The predicted octanol–water partition coefficient (Wildman–Crippen LogP) is 4.80. The lowest BCUT2D eigenvalue weighted by Crippen LogP contribution is -2.52. The van der Waals surface area contributed by atoms with E-state index in [-0.39, 0.29) is 39.8 Å². The Morgan fingerprint density at radius 3 is 2.78 bits per heavy atom. The molecule has 0 bridgehead atoms. The SMILES string of the molecule is CCOc1nc(N2CCNC(OC)C2)nc2c1sc1nc3c(c(C(F)(F)F)c12)CCc1ccccc1-3. The Kier molecular flexibility index (Phi) is 5.73. The van der Waals surface area contributed by atoms with Gasteiger partial charge >= 0.3 is 6.18 Å². The van der Waals surface area contributed by atoms with Crippen molar-refractivity contribution >= 4 is 37.7 Å². The van der Waals surface area contributed by atoms with Crippen molar-refractivity contribution in [3.05, 3.63) is 41.0 Å². The highest BCUT2D eigenvalue weighted by atomic mass is 32.1. The predicted molar refractivity (Wildman–Crippen MR) is 133 cm³/mol. The number of anilines is 1. The molecular formula is C25H24F3N5O2S. The summed E-state index contributed by atoms with van der Waals surface area (Å²) in [6, 6.07) is 7.54. The quantitative estimate of drug-likeness (QED) is 0.418. The monoisotopic (exact) mass is 515 g/mol. The molecule has 1 aliphatic heterocycles. The van der Waals surface area contributed by atoms with Crippen molar-refractivity contribution in [3.8, 4) is 17.1 Å². The van der Waals surface area contributed by atoms with Crippen LogP contribution in [0.2, 0.25) is 0 Å². The van der Waals surface area contributed by atoms with Crippen LogP contribution in [0, 0.1) is 0 Å². The number of piperazine rings is 1. The standard InChI is InChI=1S/C25H24F3N5O2S/c1-3-35-22-21-20(31-24(32-22)33-11-10-29-16(12-33)34-2)17-18(25(26,27)28)15-9-8-13-6-4-5-7-14(13)19(15)30-23(17)36-21/h4-7,16,29H,3,8-12H2,1-2H3. The largest absolute Gasteiger partial charge is 0.477 e. The molecule has 1 fully saturated rings. The summed E-state index contributed by atoms with van der Waals surface area (Å²) in [6.07, 6.45) is -4.00. The first-order chi connectivity index (χ1) is 17.4. The lowest BCUT2D eigenvalue weighted by atomic mass is 9.85. The van der Waals surface area contributed by atoms with Gasteiger partial charge in [-0.05, 0) is 30.9 Å². The summed E-state index contributed by atoms with van der Waals surface area (Å²) in [5.41, 5.74) is 1.98. The molecule has 1 atom stereocenters. The van der Waals surface area contributed by atoms with Crippen LogP contribution in [0.3, 0.4) is 0 Å². The Morgan fingerprint density at radius 2 is 2.00 bits per heavy atom. The lowest BCUT2D eigenvalue weighted by molar-refractivity contribution is -0.136. The molecule has 2 aliphatic rings. The molecule has 0 spiro atoms. The number of methoxy groups -OCH3 is 1. The highest BCUT2D eigenvalue weighted by Crippen LogP contribution is 2.49. The van der Waals surface area contributed by atoms with E-state index in [0.29, 0.717) is 49.0 Å². The van der Waals surface area contributed by atoms with Gasteiger partial charge in [0.25, 0.3) is 0 Å². The van der Waals surface area contributed by atoms with Gasteiger partial charge in [-0.25, -0.2) is 9.97 Å². The molecule has 0 radical (unpaired) electrons. The molecule has 7 nitrogen and oxygen atoms in total. The number of halogens is 3. The number of aromatic nitrogens is 3. The zero-order valence-corrected chi connectivity index (χ0v) is 20.6. The minimum absolute atomic E-state index is 0.0312.